The van der Waals surface area contributed by atoms with Crippen molar-refractivity contribution in [3.63, 3.8) is 0 Å². The number of hydrogen-bond donors (Lipinski definition) is 1. The SMILES string of the molecule is Cn1c(CCC(=O)O)cc2c1CCCO2. The van der Waals surface area contributed by atoms with Crippen LogP contribution in [0.2, 0.25) is 0 Å². The molecule has 1 N–H and O–H groups in total. The molecule has 1 aromatic heterocycles. The van der Waals surface area contributed by atoms with Crippen LogP contribution < -0.4 is 4.74 Å². The quantitative estimate of drug-likeness (QED) is 0.818. The molecule has 0 amide bonds. The van der Waals surface area contributed by atoms with E-state index in [1.54, 1.807) is 0 Å². The van der Waals surface area contributed by atoms with Crippen LogP contribution >= 0.6 is 0 Å². The standard InChI is InChI=1S/C11H15NO3/c1-12-8(4-5-11(13)14)7-10-9(12)3-2-6-15-10/h7H,2-6H2,1H3,(H,13,14). The largest absolute Gasteiger partial charge is 0.492 e. The van der Waals surface area contributed by atoms with Gasteiger partial charge < -0.3 is 14.4 Å². The molecule has 0 unspecified atom stereocenters. The molecule has 1 aliphatic rings. The third-order valence-corrected chi connectivity index (χ3v) is 2.83. The number of carbonyl (C=O) groups is 1. The van der Waals surface area contributed by atoms with Gasteiger partial charge in [0.25, 0.3) is 0 Å². The zero-order chi connectivity index (χ0) is 10.8. The molecular formula is C11H15NO3. The number of nitrogens with zero attached hydrogens (tertiary/aromatic N) is 1. The van der Waals surface area contributed by atoms with Gasteiger partial charge in [0.05, 0.1) is 18.7 Å². The van der Waals surface area contributed by atoms with Gasteiger partial charge in [-0.25, -0.2) is 0 Å². The van der Waals surface area contributed by atoms with E-state index in [9.17, 15) is 4.79 Å². The molecule has 0 atom stereocenters. The van der Waals surface area contributed by atoms with Crippen LogP contribution in [0.15, 0.2) is 6.07 Å². The number of aliphatic carboxylic acids is 1. The molecule has 0 aromatic carbocycles. The Bertz CT molecular complexity index is 381. The van der Waals surface area contributed by atoms with Crippen LogP contribution in [0.5, 0.6) is 5.75 Å². The van der Waals surface area contributed by atoms with Crippen molar-refractivity contribution in [1.82, 2.24) is 4.57 Å². The topological polar surface area (TPSA) is 51.5 Å². The van der Waals surface area contributed by atoms with Crippen LogP contribution in [-0.2, 0) is 24.7 Å². The van der Waals surface area contributed by atoms with E-state index in [-0.39, 0.29) is 6.42 Å². The summed E-state index contributed by atoms with van der Waals surface area (Å²) in [6.45, 7) is 0.773. The van der Waals surface area contributed by atoms with Crippen molar-refractivity contribution in [2.45, 2.75) is 25.7 Å². The molecule has 82 valence electrons. The first-order valence-corrected chi connectivity index (χ1v) is 5.20. The Kier molecular flexibility index (Phi) is 2.66. The van der Waals surface area contributed by atoms with Crippen LogP contribution in [0, 0.1) is 0 Å². The highest BCUT2D eigenvalue weighted by atomic mass is 16.5. The van der Waals surface area contributed by atoms with E-state index < -0.39 is 5.97 Å². The summed E-state index contributed by atoms with van der Waals surface area (Å²) in [5, 5.41) is 8.63. The Morgan fingerprint density at radius 1 is 1.67 bits per heavy atom. The second-order valence-electron chi connectivity index (χ2n) is 3.85. The van der Waals surface area contributed by atoms with E-state index in [0.717, 1.165) is 30.9 Å². The van der Waals surface area contributed by atoms with Gasteiger partial charge in [0.2, 0.25) is 0 Å². The minimum atomic E-state index is -0.755. The van der Waals surface area contributed by atoms with Gasteiger partial charge in [-0.2, -0.15) is 0 Å². The Morgan fingerprint density at radius 3 is 3.13 bits per heavy atom. The molecule has 4 heteroatoms. The number of ether oxygens (including phenoxy) is 1. The molecule has 4 nitrogen and oxygen atoms in total. The molecule has 0 spiro atoms. The maximum atomic E-state index is 10.5. The number of carboxylic acids is 1. The second-order valence-corrected chi connectivity index (χ2v) is 3.85. The fraction of sp³-hybridized carbons (Fsp3) is 0.545. The fourth-order valence-corrected chi connectivity index (χ4v) is 1.98. The summed E-state index contributed by atoms with van der Waals surface area (Å²) in [7, 11) is 1.98. The van der Waals surface area contributed by atoms with Crippen LogP contribution in [0.4, 0.5) is 0 Å². The first-order chi connectivity index (χ1) is 7.18. The number of fused-ring (bicyclic) bond motifs is 1. The van der Waals surface area contributed by atoms with Crippen LogP contribution in [-0.4, -0.2) is 22.2 Å². The molecule has 0 aliphatic carbocycles. The Balaban J connectivity index is 2.18. The van der Waals surface area contributed by atoms with Crippen molar-refractivity contribution in [3.05, 3.63) is 17.5 Å². The predicted octanol–water partition coefficient (Wildman–Crippen LogP) is 1.37. The van der Waals surface area contributed by atoms with Gasteiger partial charge in [-0.15, -0.1) is 0 Å². The maximum absolute atomic E-state index is 10.5. The lowest BCUT2D eigenvalue weighted by atomic mass is 10.2. The third-order valence-electron chi connectivity index (χ3n) is 2.83. The highest BCUT2D eigenvalue weighted by Crippen LogP contribution is 2.28. The normalized spacial score (nSPS) is 14.5. The second kappa shape index (κ2) is 3.96. The summed E-state index contributed by atoms with van der Waals surface area (Å²) < 4.78 is 7.59. The van der Waals surface area contributed by atoms with Gasteiger partial charge in [0, 0.05) is 18.8 Å². The van der Waals surface area contributed by atoms with Crippen molar-refractivity contribution in [1.29, 1.82) is 0 Å². The smallest absolute Gasteiger partial charge is 0.303 e. The molecule has 1 aliphatic heterocycles. The fourth-order valence-electron chi connectivity index (χ4n) is 1.98. The molecule has 0 saturated carbocycles. The molecule has 1 aromatic rings. The minimum absolute atomic E-state index is 0.177. The summed E-state index contributed by atoms with van der Waals surface area (Å²) in [5.74, 6) is 0.180. The summed E-state index contributed by atoms with van der Waals surface area (Å²) in [6, 6.07) is 1.97. The molecule has 0 radical (unpaired) electrons. The number of aromatic nitrogens is 1. The van der Waals surface area contributed by atoms with Crippen molar-refractivity contribution >= 4 is 5.97 Å². The van der Waals surface area contributed by atoms with Gasteiger partial charge >= 0.3 is 5.97 Å². The highest BCUT2D eigenvalue weighted by Gasteiger charge is 2.17. The zero-order valence-corrected chi connectivity index (χ0v) is 8.82. The maximum Gasteiger partial charge on any atom is 0.303 e. The number of aryl methyl sites for hydroxylation is 1. The summed E-state index contributed by atoms with van der Waals surface area (Å²) in [5.41, 5.74) is 2.24. The van der Waals surface area contributed by atoms with Crippen molar-refractivity contribution in [2.75, 3.05) is 6.61 Å². The van der Waals surface area contributed by atoms with E-state index in [1.807, 2.05) is 13.1 Å². The first-order valence-electron chi connectivity index (χ1n) is 5.20. The molecule has 0 fully saturated rings. The monoisotopic (exact) mass is 209 g/mol. The zero-order valence-electron chi connectivity index (χ0n) is 8.82. The van der Waals surface area contributed by atoms with Crippen LogP contribution in [0.25, 0.3) is 0 Å². The number of carboxylic acid groups (broad SMARTS) is 1. The van der Waals surface area contributed by atoms with E-state index >= 15 is 0 Å². The highest BCUT2D eigenvalue weighted by molar-refractivity contribution is 5.67. The van der Waals surface area contributed by atoms with Gasteiger partial charge in [-0.1, -0.05) is 0 Å². The van der Waals surface area contributed by atoms with Crippen LogP contribution in [0.3, 0.4) is 0 Å². The Hall–Kier alpha value is -1.45. The van der Waals surface area contributed by atoms with Gasteiger partial charge in [0.1, 0.15) is 5.75 Å². The van der Waals surface area contributed by atoms with Gasteiger partial charge in [-0.05, 0) is 19.3 Å². The molecule has 0 saturated heterocycles. The number of rotatable bonds is 3. The summed E-state index contributed by atoms with van der Waals surface area (Å²) >= 11 is 0. The average molecular weight is 209 g/mol. The average Bonchev–Trinajstić information content (AvgIpc) is 2.54. The molecule has 2 heterocycles. The molecule has 0 bridgehead atoms. The van der Waals surface area contributed by atoms with Gasteiger partial charge in [-0.3, -0.25) is 4.79 Å². The first kappa shape index (κ1) is 10.1. The van der Waals surface area contributed by atoms with Crippen molar-refractivity contribution in [3.8, 4) is 5.75 Å². The van der Waals surface area contributed by atoms with E-state index in [0.29, 0.717) is 6.42 Å². The summed E-state index contributed by atoms with van der Waals surface area (Å²) in [6.07, 6.45) is 2.82. The third kappa shape index (κ3) is 1.98. The van der Waals surface area contributed by atoms with Crippen LogP contribution in [0.1, 0.15) is 24.2 Å². The predicted molar refractivity (Wildman–Crippen MR) is 55.2 cm³/mol. The van der Waals surface area contributed by atoms with E-state index in [2.05, 4.69) is 4.57 Å². The van der Waals surface area contributed by atoms with Crippen molar-refractivity contribution in [2.24, 2.45) is 7.05 Å². The molecular weight excluding hydrogens is 194 g/mol. The number of hydrogen-bond acceptors (Lipinski definition) is 2. The Morgan fingerprint density at radius 2 is 2.47 bits per heavy atom. The molecule has 15 heavy (non-hydrogen) atoms. The Labute approximate surface area is 88.5 Å². The van der Waals surface area contributed by atoms with E-state index in [4.69, 9.17) is 9.84 Å². The van der Waals surface area contributed by atoms with Crippen molar-refractivity contribution < 1.29 is 14.6 Å². The summed E-state index contributed by atoms with van der Waals surface area (Å²) in [4.78, 5) is 10.5. The lowest BCUT2D eigenvalue weighted by Crippen LogP contribution is -2.10. The van der Waals surface area contributed by atoms with Gasteiger partial charge in [0.15, 0.2) is 0 Å². The molecule has 2 rings (SSSR count). The lowest BCUT2D eigenvalue weighted by molar-refractivity contribution is -0.136. The van der Waals surface area contributed by atoms with E-state index in [1.165, 1.54) is 5.69 Å². The minimum Gasteiger partial charge on any atom is -0.492 e. The lowest BCUT2D eigenvalue weighted by Gasteiger charge is -2.14.